The Balaban J connectivity index is 1.93. The van der Waals surface area contributed by atoms with Crippen LogP contribution in [0.25, 0.3) is 6.08 Å². The molecule has 0 atom stereocenters. The summed E-state index contributed by atoms with van der Waals surface area (Å²) in [6.07, 6.45) is 4.81. The van der Waals surface area contributed by atoms with Crippen LogP contribution in [0.5, 0.6) is 0 Å². The van der Waals surface area contributed by atoms with Crippen LogP contribution in [0.2, 0.25) is 0 Å². The highest BCUT2D eigenvalue weighted by molar-refractivity contribution is 5.94. The van der Waals surface area contributed by atoms with Crippen molar-refractivity contribution in [3.63, 3.8) is 0 Å². The summed E-state index contributed by atoms with van der Waals surface area (Å²) in [6, 6.07) is 9.94. The molecule has 0 aliphatic heterocycles. The van der Waals surface area contributed by atoms with Crippen LogP contribution in [-0.4, -0.2) is 50.3 Å². The molecular weight excluding hydrogens is 342 g/mol. The minimum atomic E-state index is -0.327. The molecule has 0 fully saturated rings. The average molecular weight is 369 g/mol. The number of aromatic nitrogens is 3. The highest BCUT2D eigenvalue weighted by atomic mass is 16.2. The molecule has 2 amide bonds. The number of nitrogens with one attached hydrogen (secondary N) is 1. The molecule has 7 heteroatoms. The van der Waals surface area contributed by atoms with Crippen LogP contribution in [-0.2, 0) is 16.1 Å². The van der Waals surface area contributed by atoms with Crippen molar-refractivity contribution in [1.82, 2.24) is 25.2 Å². The zero-order valence-corrected chi connectivity index (χ0v) is 16.3. The molecule has 2 aromatic rings. The van der Waals surface area contributed by atoms with Crippen LogP contribution in [0.15, 0.2) is 42.6 Å². The molecule has 0 spiro atoms. The number of carbonyl (C=O) groups is 2. The molecule has 0 aliphatic rings. The lowest BCUT2D eigenvalue weighted by Gasteiger charge is -2.24. The molecule has 2 rings (SSSR count). The van der Waals surface area contributed by atoms with Gasteiger partial charge in [0.05, 0.1) is 19.3 Å². The minimum absolute atomic E-state index is 0.0254. The van der Waals surface area contributed by atoms with E-state index < -0.39 is 0 Å². The summed E-state index contributed by atoms with van der Waals surface area (Å²) >= 11 is 0. The fraction of sp³-hybridized carbons (Fsp3) is 0.400. The molecule has 0 saturated carbocycles. The van der Waals surface area contributed by atoms with E-state index in [1.54, 1.807) is 17.0 Å². The summed E-state index contributed by atoms with van der Waals surface area (Å²) in [6.45, 7) is 8.64. The van der Waals surface area contributed by atoms with Gasteiger partial charge in [0, 0.05) is 18.2 Å². The fourth-order valence-electron chi connectivity index (χ4n) is 2.48. The fourth-order valence-corrected chi connectivity index (χ4v) is 2.48. The molecule has 1 aromatic carbocycles. The van der Waals surface area contributed by atoms with Crippen LogP contribution in [0.3, 0.4) is 0 Å². The first-order valence-corrected chi connectivity index (χ1v) is 8.99. The second kappa shape index (κ2) is 9.12. The van der Waals surface area contributed by atoms with Crippen molar-refractivity contribution in [3.05, 3.63) is 53.9 Å². The van der Waals surface area contributed by atoms with Crippen LogP contribution in [0.4, 0.5) is 0 Å². The number of rotatable bonds is 7. The molecule has 7 nitrogen and oxygen atoms in total. The standard InChI is InChI=1S/C20H27N5O2/c1-5-24(15-18(26)21-20(2,3)4)19(27)12-11-17-14-25(23-22-17)13-16-9-7-6-8-10-16/h6-12,14H,5,13,15H2,1-4H3,(H,21,26). The van der Waals surface area contributed by atoms with Crippen LogP contribution in [0, 0.1) is 0 Å². The summed E-state index contributed by atoms with van der Waals surface area (Å²) in [4.78, 5) is 25.9. The molecule has 0 bridgehead atoms. The Morgan fingerprint density at radius 3 is 2.56 bits per heavy atom. The topological polar surface area (TPSA) is 80.1 Å². The van der Waals surface area contributed by atoms with Crippen LogP contribution < -0.4 is 5.32 Å². The summed E-state index contributed by atoms with van der Waals surface area (Å²) in [5.41, 5.74) is 1.39. The van der Waals surface area contributed by atoms with Gasteiger partial charge in [-0.25, -0.2) is 4.68 Å². The lowest BCUT2D eigenvalue weighted by Crippen LogP contribution is -2.47. The maximum atomic E-state index is 12.4. The third-order valence-electron chi connectivity index (χ3n) is 3.68. The quantitative estimate of drug-likeness (QED) is 0.758. The summed E-state index contributed by atoms with van der Waals surface area (Å²) in [5, 5.41) is 11.0. The number of likely N-dealkylation sites (N-methyl/N-ethyl adjacent to an activating group) is 1. The number of hydrogen-bond acceptors (Lipinski definition) is 4. The molecule has 144 valence electrons. The van der Waals surface area contributed by atoms with Gasteiger partial charge >= 0.3 is 0 Å². The highest BCUT2D eigenvalue weighted by Crippen LogP contribution is 2.04. The Kier molecular flexibility index (Phi) is 6.87. The zero-order chi connectivity index (χ0) is 19.9. The molecular formula is C20H27N5O2. The Hall–Kier alpha value is -2.96. The van der Waals surface area contributed by atoms with Gasteiger partial charge in [0.15, 0.2) is 0 Å². The lowest BCUT2D eigenvalue weighted by molar-refractivity contribution is -0.132. The first-order chi connectivity index (χ1) is 12.8. The number of amides is 2. The Morgan fingerprint density at radius 1 is 1.22 bits per heavy atom. The molecule has 1 aromatic heterocycles. The van der Waals surface area contributed by atoms with Gasteiger partial charge in [-0.05, 0) is 39.3 Å². The number of carbonyl (C=O) groups excluding carboxylic acids is 2. The molecule has 0 radical (unpaired) electrons. The van der Waals surface area contributed by atoms with E-state index in [1.165, 1.54) is 11.0 Å². The largest absolute Gasteiger partial charge is 0.350 e. The van der Waals surface area contributed by atoms with Crippen molar-refractivity contribution in [2.45, 2.75) is 39.8 Å². The third kappa shape index (κ3) is 7.05. The van der Waals surface area contributed by atoms with Gasteiger partial charge in [0.2, 0.25) is 11.8 Å². The normalized spacial score (nSPS) is 11.6. The smallest absolute Gasteiger partial charge is 0.247 e. The predicted molar refractivity (Wildman–Crippen MR) is 105 cm³/mol. The minimum Gasteiger partial charge on any atom is -0.350 e. The van der Waals surface area contributed by atoms with E-state index in [-0.39, 0.29) is 23.9 Å². The van der Waals surface area contributed by atoms with Gasteiger partial charge in [-0.3, -0.25) is 9.59 Å². The van der Waals surface area contributed by atoms with Crippen LogP contribution >= 0.6 is 0 Å². The van der Waals surface area contributed by atoms with E-state index in [4.69, 9.17) is 0 Å². The molecule has 27 heavy (non-hydrogen) atoms. The van der Waals surface area contributed by atoms with Gasteiger partial charge in [-0.15, -0.1) is 5.10 Å². The van der Waals surface area contributed by atoms with E-state index >= 15 is 0 Å². The molecule has 0 saturated heterocycles. The van der Waals surface area contributed by atoms with Crippen molar-refractivity contribution < 1.29 is 9.59 Å². The lowest BCUT2D eigenvalue weighted by atomic mass is 10.1. The number of hydrogen-bond donors (Lipinski definition) is 1. The maximum Gasteiger partial charge on any atom is 0.247 e. The summed E-state index contributed by atoms with van der Waals surface area (Å²) in [7, 11) is 0. The Morgan fingerprint density at radius 2 is 1.93 bits per heavy atom. The maximum absolute atomic E-state index is 12.4. The van der Waals surface area contributed by atoms with Gasteiger partial charge in [-0.2, -0.15) is 0 Å². The Labute approximate surface area is 160 Å². The van der Waals surface area contributed by atoms with E-state index in [1.807, 2.05) is 58.0 Å². The van der Waals surface area contributed by atoms with Crippen LogP contribution in [0.1, 0.15) is 39.0 Å². The predicted octanol–water partition coefficient (Wildman–Crippen LogP) is 2.10. The SMILES string of the molecule is CCN(CC(=O)NC(C)(C)C)C(=O)C=Cc1cn(Cc2ccccc2)nn1. The van der Waals surface area contributed by atoms with Crippen molar-refractivity contribution in [2.24, 2.45) is 0 Å². The van der Waals surface area contributed by atoms with Crippen molar-refractivity contribution >= 4 is 17.9 Å². The first-order valence-electron chi connectivity index (χ1n) is 8.99. The summed E-state index contributed by atoms with van der Waals surface area (Å²) < 4.78 is 1.72. The molecule has 1 N–H and O–H groups in total. The molecule has 0 unspecified atom stereocenters. The van der Waals surface area contributed by atoms with Crippen molar-refractivity contribution in [3.8, 4) is 0 Å². The van der Waals surface area contributed by atoms with E-state index in [0.29, 0.717) is 18.8 Å². The monoisotopic (exact) mass is 369 g/mol. The third-order valence-corrected chi connectivity index (χ3v) is 3.68. The van der Waals surface area contributed by atoms with Gasteiger partial charge < -0.3 is 10.2 Å². The molecule has 0 aliphatic carbocycles. The van der Waals surface area contributed by atoms with Crippen molar-refractivity contribution in [2.75, 3.05) is 13.1 Å². The number of benzene rings is 1. The second-order valence-corrected chi connectivity index (χ2v) is 7.31. The van der Waals surface area contributed by atoms with E-state index in [2.05, 4.69) is 15.6 Å². The Bertz CT molecular complexity index is 790. The second-order valence-electron chi connectivity index (χ2n) is 7.31. The zero-order valence-electron chi connectivity index (χ0n) is 16.3. The van der Waals surface area contributed by atoms with Gasteiger partial charge in [0.1, 0.15) is 5.69 Å². The van der Waals surface area contributed by atoms with Gasteiger partial charge in [-0.1, -0.05) is 35.5 Å². The first kappa shape index (κ1) is 20.4. The number of nitrogens with zero attached hydrogens (tertiary/aromatic N) is 4. The average Bonchev–Trinajstić information content (AvgIpc) is 3.04. The van der Waals surface area contributed by atoms with E-state index in [9.17, 15) is 9.59 Å². The van der Waals surface area contributed by atoms with E-state index in [0.717, 1.165) is 5.56 Å². The summed E-state index contributed by atoms with van der Waals surface area (Å²) in [5.74, 6) is -0.418. The highest BCUT2D eigenvalue weighted by Gasteiger charge is 2.18. The van der Waals surface area contributed by atoms with Gasteiger partial charge in [0.25, 0.3) is 0 Å². The van der Waals surface area contributed by atoms with Crippen molar-refractivity contribution in [1.29, 1.82) is 0 Å². The molecule has 1 heterocycles.